The van der Waals surface area contributed by atoms with Gasteiger partial charge in [-0.3, -0.25) is 4.79 Å². The van der Waals surface area contributed by atoms with Gasteiger partial charge in [-0.1, -0.05) is 42.6 Å². The molecule has 1 aliphatic rings. The number of halogens is 1. The van der Waals surface area contributed by atoms with Gasteiger partial charge in [-0.2, -0.15) is 0 Å². The van der Waals surface area contributed by atoms with Gasteiger partial charge >= 0.3 is 0 Å². The average molecular weight is 298 g/mol. The normalized spacial score (nSPS) is 24.1. The molecule has 0 aromatic heterocycles. The molecule has 2 unspecified atom stereocenters. The standard InChI is InChI=1S/C15H20ClNO3/c1-20-13-9-5-4-8-12(13)17-15(19)14(18)10-6-2-3-7-11(10)16/h2-3,6-7,12-14,18H,4-5,8-9H2,1H3,(H,17,19)/t12?,13?,14-/m1/s1. The highest BCUT2D eigenvalue weighted by molar-refractivity contribution is 6.31. The summed E-state index contributed by atoms with van der Waals surface area (Å²) < 4.78 is 5.39. The molecular formula is C15H20ClNO3. The van der Waals surface area contributed by atoms with Gasteiger partial charge in [0.15, 0.2) is 6.10 Å². The highest BCUT2D eigenvalue weighted by Crippen LogP contribution is 2.25. The summed E-state index contributed by atoms with van der Waals surface area (Å²) in [6.45, 7) is 0. The quantitative estimate of drug-likeness (QED) is 0.897. The maximum Gasteiger partial charge on any atom is 0.253 e. The third-order valence-corrected chi connectivity index (χ3v) is 4.13. The van der Waals surface area contributed by atoms with Crippen LogP contribution in [0, 0.1) is 0 Å². The van der Waals surface area contributed by atoms with Crippen molar-refractivity contribution in [3.8, 4) is 0 Å². The molecule has 2 rings (SSSR count). The molecule has 1 aromatic rings. The lowest BCUT2D eigenvalue weighted by Crippen LogP contribution is -2.47. The first-order chi connectivity index (χ1) is 9.63. The van der Waals surface area contributed by atoms with Crippen LogP contribution in [0.2, 0.25) is 5.02 Å². The van der Waals surface area contributed by atoms with Gasteiger partial charge in [0.1, 0.15) is 0 Å². The molecule has 3 atom stereocenters. The number of aliphatic hydroxyl groups excluding tert-OH is 1. The summed E-state index contributed by atoms with van der Waals surface area (Å²) in [5.74, 6) is -0.424. The summed E-state index contributed by atoms with van der Waals surface area (Å²) in [6.07, 6.45) is 2.75. The van der Waals surface area contributed by atoms with Crippen LogP contribution >= 0.6 is 11.6 Å². The Labute approximate surface area is 124 Å². The van der Waals surface area contributed by atoms with Gasteiger partial charge in [-0.25, -0.2) is 0 Å². The molecule has 0 heterocycles. The number of hydrogen-bond acceptors (Lipinski definition) is 3. The molecule has 0 spiro atoms. The molecule has 4 nitrogen and oxygen atoms in total. The van der Waals surface area contributed by atoms with Crippen molar-refractivity contribution in [3.63, 3.8) is 0 Å². The van der Waals surface area contributed by atoms with Crippen molar-refractivity contribution < 1.29 is 14.6 Å². The van der Waals surface area contributed by atoms with E-state index in [2.05, 4.69) is 5.32 Å². The lowest BCUT2D eigenvalue weighted by Gasteiger charge is -2.31. The van der Waals surface area contributed by atoms with E-state index < -0.39 is 12.0 Å². The molecule has 1 saturated carbocycles. The molecule has 1 aromatic carbocycles. The Morgan fingerprint density at radius 2 is 2.10 bits per heavy atom. The fourth-order valence-electron chi connectivity index (χ4n) is 2.64. The second-order valence-electron chi connectivity index (χ2n) is 5.10. The summed E-state index contributed by atoms with van der Waals surface area (Å²) in [7, 11) is 1.65. The molecule has 0 aliphatic heterocycles. The van der Waals surface area contributed by atoms with Crippen LogP contribution in [0.3, 0.4) is 0 Å². The average Bonchev–Trinajstić information content (AvgIpc) is 2.47. The van der Waals surface area contributed by atoms with Gasteiger partial charge in [0.25, 0.3) is 5.91 Å². The Hall–Kier alpha value is -1.10. The van der Waals surface area contributed by atoms with Crippen LogP contribution < -0.4 is 5.32 Å². The zero-order valence-corrected chi connectivity index (χ0v) is 12.3. The minimum atomic E-state index is -1.25. The third-order valence-electron chi connectivity index (χ3n) is 3.78. The van der Waals surface area contributed by atoms with Crippen molar-refractivity contribution in [2.24, 2.45) is 0 Å². The van der Waals surface area contributed by atoms with Crippen LogP contribution in [-0.2, 0) is 9.53 Å². The van der Waals surface area contributed by atoms with Crippen LogP contribution in [0.4, 0.5) is 0 Å². The number of nitrogens with one attached hydrogen (secondary N) is 1. The molecular weight excluding hydrogens is 278 g/mol. The van der Waals surface area contributed by atoms with Crippen molar-refractivity contribution >= 4 is 17.5 Å². The van der Waals surface area contributed by atoms with Gasteiger partial charge in [-0.15, -0.1) is 0 Å². The number of aliphatic hydroxyl groups is 1. The molecule has 1 amide bonds. The highest BCUT2D eigenvalue weighted by Gasteiger charge is 2.29. The number of hydrogen-bond donors (Lipinski definition) is 2. The Kier molecular flexibility index (Phi) is 5.40. The van der Waals surface area contributed by atoms with Crippen molar-refractivity contribution in [2.75, 3.05) is 7.11 Å². The smallest absolute Gasteiger partial charge is 0.253 e. The number of benzene rings is 1. The monoisotopic (exact) mass is 297 g/mol. The second kappa shape index (κ2) is 7.07. The summed E-state index contributed by atoms with van der Waals surface area (Å²) in [6, 6.07) is 6.78. The zero-order chi connectivity index (χ0) is 14.5. The van der Waals surface area contributed by atoms with Gasteiger partial charge in [0.05, 0.1) is 12.1 Å². The lowest BCUT2D eigenvalue weighted by molar-refractivity contribution is -0.131. The minimum Gasteiger partial charge on any atom is -0.379 e. The third kappa shape index (κ3) is 3.51. The molecule has 0 bridgehead atoms. The summed E-state index contributed by atoms with van der Waals surface area (Å²) in [5.41, 5.74) is 0.427. The lowest BCUT2D eigenvalue weighted by atomic mass is 9.92. The number of carbonyl (C=O) groups excluding carboxylic acids is 1. The molecule has 0 saturated heterocycles. The van der Waals surface area contributed by atoms with Crippen LogP contribution in [0.5, 0.6) is 0 Å². The van der Waals surface area contributed by atoms with Crippen LogP contribution in [0.15, 0.2) is 24.3 Å². The minimum absolute atomic E-state index is 0.0196. The van der Waals surface area contributed by atoms with E-state index in [4.69, 9.17) is 16.3 Å². The first-order valence-corrected chi connectivity index (χ1v) is 7.27. The van der Waals surface area contributed by atoms with E-state index in [1.54, 1.807) is 31.4 Å². The van der Waals surface area contributed by atoms with Crippen LogP contribution in [0.1, 0.15) is 37.4 Å². The summed E-state index contributed by atoms with van der Waals surface area (Å²) >= 11 is 6.00. The predicted molar refractivity (Wildman–Crippen MR) is 77.6 cm³/mol. The van der Waals surface area contributed by atoms with Gasteiger partial charge in [0.2, 0.25) is 0 Å². The van der Waals surface area contributed by atoms with E-state index in [1.807, 2.05) is 0 Å². The topological polar surface area (TPSA) is 58.6 Å². The Balaban J connectivity index is 2.02. The van der Waals surface area contributed by atoms with Gasteiger partial charge < -0.3 is 15.2 Å². The number of carbonyl (C=O) groups is 1. The van der Waals surface area contributed by atoms with E-state index in [1.165, 1.54) is 0 Å². The molecule has 20 heavy (non-hydrogen) atoms. The maximum absolute atomic E-state index is 12.2. The number of amides is 1. The Bertz CT molecular complexity index is 466. The summed E-state index contributed by atoms with van der Waals surface area (Å²) in [5, 5.41) is 13.4. The van der Waals surface area contributed by atoms with Crippen molar-refractivity contribution in [1.82, 2.24) is 5.32 Å². The molecule has 110 valence electrons. The highest BCUT2D eigenvalue weighted by atomic mass is 35.5. The molecule has 5 heteroatoms. The van der Waals surface area contributed by atoms with Crippen molar-refractivity contribution in [3.05, 3.63) is 34.9 Å². The molecule has 2 N–H and O–H groups in total. The largest absolute Gasteiger partial charge is 0.379 e. The maximum atomic E-state index is 12.2. The first-order valence-electron chi connectivity index (χ1n) is 6.89. The van der Waals surface area contributed by atoms with Gasteiger partial charge in [-0.05, 0) is 18.9 Å². The van der Waals surface area contributed by atoms with Crippen molar-refractivity contribution in [1.29, 1.82) is 0 Å². The van der Waals surface area contributed by atoms with Crippen molar-refractivity contribution in [2.45, 2.75) is 43.9 Å². The van der Waals surface area contributed by atoms with E-state index in [0.29, 0.717) is 10.6 Å². The zero-order valence-electron chi connectivity index (χ0n) is 11.5. The number of rotatable bonds is 4. The summed E-state index contributed by atoms with van der Waals surface area (Å²) in [4.78, 5) is 12.2. The van der Waals surface area contributed by atoms with E-state index in [9.17, 15) is 9.90 Å². The molecule has 1 aliphatic carbocycles. The molecule has 0 radical (unpaired) electrons. The second-order valence-corrected chi connectivity index (χ2v) is 5.50. The Morgan fingerprint density at radius 3 is 2.80 bits per heavy atom. The van der Waals surface area contributed by atoms with E-state index in [0.717, 1.165) is 25.7 Å². The first kappa shape index (κ1) is 15.3. The predicted octanol–water partition coefficient (Wildman–Crippen LogP) is 2.45. The number of ether oxygens (including phenoxy) is 1. The SMILES string of the molecule is COC1CCCCC1NC(=O)[C@H](O)c1ccccc1Cl. The van der Waals surface area contributed by atoms with Crippen LogP contribution in [-0.4, -0.2) is 30.3 Å². The Morgan fingerprint density at radius 1 is 1.40 bits per heavy atom. The molecule has 1 fully saturated rings. The van der Waals surface area contributed by atoms with E-state index >= 15 is 0 Å². The fourth-order valence-corrected chi connectivity index (χ4v) is 2.88. The fraction of sp³-hybridized carbons (Fsp3) is 0.533. The van der Waals surface area contributed by atoms with Crippen LogP contribution in [0.25, 0.3) is 0 Å². The number of methoxy groups -OCH3 is 1. The van der Waals surface area contributed by atoms with Gasteiger partial charge in [0, 0.05) is 17.7 Å². The van der Waals surface area contributed by atoms with E-state index in [-0.39, 0.29) is 12.1 Å².